The summed E-state index contributed by atoms with van der Waals surface area (Å²) in [7, 11) is 1.58. The van der Waals surface area contributed by atoms with Crippen LogP contribution in [-0.2, 0) is 0 Å². The highest BCUT2D eigenvalue weighted by Gasteiger charge is 2.33. The minimum absolute atomic E-state index is 0.233. The lowest BCUT2D eigenvalue weighted by atomic mass is 9.78. The number of nitrogens with zero attached hydrogens (tertiary/aromatic N) is 4. The van der Waals surface area contributed by atoms with E-state index in [0.717, 1.165) is 31.6 Å². The van der Waals surface area contributed by atoms with Crippen LogP contribution in [0.2, 0.25) is 0 Å². The number of rotatable bonds is 7. The molecule has 2 atom stereocenters. The molecule has 1 amide bonds. The Morgan fingerprint density at radius 3 is 2.69 bits per heavy atom. The predicted octanol–water partition coefficient (Wildman–Crippen LogP) is 5.12. The summed E-state index contributed by atoms with van der Waals surface area (Å²) in [5.74, 6) is 1.47. The number of anilines is 4. The molecule has 2 bridgehead atoms. The van der Waals surface area contributed by atoms with Gasteiger partial charge >= 0.3 is 0 Å². The molecule has 0 saturated carbocycles. The molecule has 7 nitrogen and oxygen atoms in total. The summed E-state index contributed by atoms with van der Waals surface area (Å²) >= 11 is 6.61. The van der Waals surface area contributed by atoms with Gasteiger partial charge < -0.3 is 10.6 Å². The van der Waals surface area contributed by atoms with Gasteiger partial charge in [-0.3, -0.25) is 9.69 Å². The van der Waals surface area contributed by atoms with Crippen LogP contribution < -0.4 is 15.1 Å². The second kappa shape index (κ2) is 10.2. The molecule has 2 N–H and O–H groups in total. The summed E-state index contributed by atoms with van der Waals surface area (Å²) < 4.78 is 14.4. The number of alkyl halides is 1. The van der Waals surface area contributed by atoms with Crippen LogP contribution in [0.4, 0.5) is 27.5 Å². The molecule has 1 unspecified atom stereocenters. The van der Waals surface area contributed by atoms with E-state index in [1.54, 1.807) is 37.5 Å². The van der Waals surface area contributed by atoms with E-state index in [0.29, 0.717) is 41.4 Å². The van der Waals surface area contributed by atoms with Gasteiger partial charge in [0, 0.05) is 56.4 Å². The van der Waals surface area contributed by atoms with Crippen molar-refractivity contribution in [3.63, 3.8) is 0 Å². The van der Waals surface area contributed by atoms with Crippen LogP contribution in [0.15, 0.2) is 54.7 Å². The van der Waals surface area contributed by atoms with Gasteiger partial charge in [-0.05, 0) is 60.1 Å². The zero-order valence-corrected chi connectivity index (χ0v) is 20.3. The van der Waals surface area contributed by atoms with E-state index in [4.69, 9.17) is 11.8 Å². The smallest absolute Gasteiger partial charge is 0.253 e. The molecule has 1 saturated heterocycles. The van der Waals surface area contributed by atoms with Crippen molar-refractivity contribution in [3.05, 3.63) is 71.4 Å². The molecule has 9 heteroatoms. The van der Waals surface area contributed by atoms with E-state index in [-0.39, 0.29) is 12.6 Å². The number of hydrogen-bond donors (Lipinski definition) is 2. The fraction of sp³-hybridized carbons (Fsp3) is 0.346. The highest BCUT2D eigenvalue weighted by molar-refractivity contribution is 6.30. The summed E-state index contributed by atoms with van der Waals surface area (Å²) in [5, 5.41) is 5.94. The first-order chi connectivity index (χ1) is 17.1. The van der Waals surface area contributed by atoms with Crippen molar-refractivity contribution >= 4 is 40.8 Å². The molecule has 0 spiro atoms. The van der Waals surface area contributed by atoms with Gasteiger partial charge in [-0.2, -0.15) is 4.98 Å². The molecule has 35 heavy (non-hydrogen) atoms. The highest BCUT2D eigenvalue weighted by Crippen LogP contribution is 2.44. The molecule has 3 aromatic rings. The Bertz CT molecular complexity index is 1220. The minimum Gasteiger partial charge on any atom is -0.355 e. The first-order valence-electron chi connectivity index (χ1n) is 11.9. The number of halogens is 2. The second-order valence-electron chi connectivity index (χ2n) is 9.00. The molecular formula is C26H28ClFN6O. The van der Waals surface area contributed by atoms with Crippen LogP contribution in [0.3, 0.4) is 0 Å². The maximum absolute atomic E-state index is 13.0. The summed E-state index contributed by atoms with van der Waals surface area (Å²) in [6.07, 6.45) is 3.91. The van der Waals surface area contributed by atoms with E-state index in [1.165, 1.54) is 15.5 Å². The molecule has 1 aliphatic carbocycles. The molecule has 2 aliphatic heterocycles. The normalized spacial score (nSPS) is 19.1. The highest BCUT2D eigenvalue weighted by atomic mass is 35.5. The number of carbonyl (C=O) groups excluding carboxylic acids is 1. The number of hydrogen-bond acceptors (Lipinski definition) is 6. The lowest BCUT2D eigenvalue weighted by Crippen LogP contribution is -2.29. The lowest BCUT2D eigenvalue weighted by molar-refractivity contribution is 0.0964. The largest absolute Gasteiger partial charge is 0.355 e. The number of para-hydroxylation sites is 1. The Kier molecular flexibility index (Phi) is 6.83. The topological polar surface area (TPSA) is 73.4 Å². The number of nitrogens with one attached hydrogen (secondary N) is 2. The summed E-state index contributed by atoms with van der Waals surface area (Å²) in [4.78, 5) is 23.5. The van der Waals surface area contributed by atoms with E-state index >= 15 is 0 Å². The fourth-order valence-corrected chi connectivity index (χ4v) is 5.45. The van der Waals surface area contributed by atoms with Crippen molar-refractivity contribution < 1.29 is 9.18 Å². The van der Waals surface area contributed by atoms with Crippen LogP contribution in [0, 0.1) is 0 Å². The van der Waals surface area contributed by atoms with Crippen LogP contribution in [0.5, 0.6) is 0 Å². The number of amides is 1. The average molecular weight is 495 g/mol. The van der Waals surface area contributed by atoms with E-state index in [2.05, 4.69) is 43.7 Å². The third kappa shape index (κ3) is 4.81. The standard InChI is InChI=1S/C26H28ClFN6O/c1-29-25(35)21-4-2-3-5-23(21)34(27)24-10-12-30-26(32-24)31-19-8-9-20-17-6-7-18(22(20)14-19)16-33(15-17)13-11-28/h2-5,8-10,12,14,17-18H,6-7,11,13,15-16H2,1H3,(H,29,35)(H,30,31,32)/t17?,18-/m1/s1. The molecule has 3 aliphatic rings. The summed E-state index contributed by atoms with van der Waals surface area (Å²) in [5.41, 5.74) is 4.58. The van der Waals surface area contributed by atoms with Gasteiger partial charge in [0.05, 0.1) is 11.3 Å². The minimum atomic E-state index is -0.304. The van der Waals surface area contributed by atoms with Crippen LogP contribution in [-0.4, -0.2) is 54.1 Å². The quantitative estimate of drug-likeness (QED) is 0.444. The van der Waals surface area contributed by atoms with Crippen molar-refractivity contribution in [2.24, 2.45) is 0 Å². The predicted molar refractivity (Wildman–Crippen MR) is 137 cm³/mol. The molecule has 1 aromatic heterocycles. The molecule has 182 valence electrons. The van der Waals surface area contributed by atoms with E-state index in [9.17, 15) is 9.18 Å². The Morgan fingerprint density at radius 2 is 1.91 bits per heavy atom. The third-order valence-electron chi connectivity index (χ3n) is 6.87. The maximum atomic E-state index is 13.0. The maximum Gasteiger partial charge on any atom is 0.253 e. The van der Waals surface area contributed by atoms with Crippen LogP contribution >= 0.6 is 11.8 Å². The van der Waals surface area contributed by atoms with Gasteiger partial charge in [0.1, 0.15) is 6.67 Å². The van der Waals surface area contributed by atoms with Gasteiger partial charge in [-0.1, -0.05) is 18.2 Å². The molecule has 0 radical (unpaired) electrons. The second-order valence-corrected chi connectivity index (χ2v) is 9.34. The Hall–Kier alpha value is -3.23. The Morgan fingerprint density at radius 1 is 1.14 bits per heavy atom. The van der Waals surface area contributed by atoms with Gasteiger partial charge in [-0.25, -0.2) is 13.8 Å². The Balaban J connectivity index is 1.38. The zero-order valence-electron chi connectivity index (χ0n) is 19.5. The van der Waals surface area contributed by atoms with E-state index in [1.807, 2.05) is 6.07 Å². The van der Waals surface area contributed by atoms with Gasteiger partial charge in [0.15, 0.2) is 5.82 Å². The van der Waals surface area contributed by atoms with Gasteiger partial charge in [0.25, 0.3) is 5.91 Å². The van der Waals surface area contributed by atoms with Crippen molar-refractivity contribution in [2.75, 3.05) is 43.1 Å². The molecule has 2 aromatic carbocycles. The molecule has 6 rings (SSSR count). The van der Waals surface area contributed by atoms with Crippen LogP contribution in [0.1, 0.15) is 46.2 Å². The first-order valence-corrected chi connectivity index (χ1v) is 12.2. The van der Waals surface area contributed by atoms with Crippen molar-refractivity contribution in [3.8, 4) is 0 Å². The molecule has 3 heterocycles. The Labute approximate surface area is 209 Å². The lowest BCUT2D eigenvalue weighted by Gasteiger charge is -2.27. The number of carbonyl (C=O) groups is 1. The van der Waals surface area contributed by atoms with Crippen LogP contribution in [0.25, 0.3) is 0 Å². The third-order valence-corrected chi connectivity index (χ3v) is 7.23. The average Bonchev–Trinajstić information content (AvgIpc) is 3.18. The zero-order chi connectivity index (χ0) is 24.4. The number of benzene rings is 2. The van der Waals surface area contributed by atoms with Crippen molar-refractivity contribution in [1.82, 2.24) is 20.2 Å². The number of aromatic nitrogens is 2. The molecule has 1 fully saturated rings. The SMILES string of the molecule is CNC(=O)c1ccccc1N(Cl)c1ccnc(Nc2ccc3c(c2)[C@@H]2CCC3CN(CCF)C2)n1. The number of fused-ring (bicyclic) bond motifs is 3. The first kappa shape index (κ1) is 23.5. The van der Waals surface area contributed by atoms with Gasteiger partial charge in [-0.15, -0.1) is 0 Å². The summed E-state index contributed by atoms with van der Waals surface area (Å²) in [6.45, 7) is 2.02. The molecular weight excluding hydrogens is 467 g/mol. The monoisotopic (exact) mass is 494 g/mol. The van der Waals surface area contributed by atoms with E-state index < -0.39 is 0 Å². The van der Waals surface area contributed by atoms with Gasteiger partial charge in [0.2, 0.25) is 5.95 Å². The van der Waals surface area contributed by atoms with Crippen molar-refractivity contribution in [2.45, 2.75) is 24.7 Å². The summed E-state index contributed by atoms with van der Waals surface area (Å²) in [6, 6.07) is 15.2. The van der Waals surface area contributed by atoms with Crippen molar-refractivity contribution in [1.29, 1.82) is 0 Å². The fourth-order valence-electron chi connectivity index (χ4n) is 5.21.